The van der Waals surface area contributed by atoms with Gasteiger partial charge in [-0.25, -0.2) is 4.39 Å². The smallest absolute Gasteiger partial charge is 0.149 e. The van der Waals surface area contributed by atoms with E-state index in [4.69, 9.17) is 10.00 Å². The second kappa shape index (κ2) is 3.67. The Morgan fingerprint density at radius 2 is 2.50 bits per heavy atom. The molecule has 0 unspecified atom stereocenters. The van der Waals surface area contributed by atoms with Crippen LogP contribution in [0.15, 0.2) is 12.3 Å². The van der Waals surface area contributed by atoms with E-state index >= 15 is 0 Å². The Hall–Kier alpha value is -1.63. The third-order valence-corrected chi connectivity index (χ3v) is 1.37. The lowest BCUT2D eigenvalue weighted by Gasteiger charge is -2.00. The molecular formula is C8H7FN2O. The number of halogens is 1. The number of ether oxygens (including phenoxy) is 1. The number of aromatic nitrogens is 1. The molecule has 1 rings (SSSR count). The minimum atomic E-state index is -0.504. The topological polar surface area (TPSA) is 45.9 Å². The molecule has 0 radical (unpaired) electrons. The highest BCUT2D eigenvalue weighted by molar-refractivity contribution is 5.22. The van der Waals surface area contributed by atoms with Crippen LogP contribution in [0, 0.1) is 17.1 Å². The highest BCUT2D eigenvalue weighted by Crippen LogP contribution is 2.12. The van der Waals surface area contributed by atoms with Gasteiger partial charge in [-0.05, 0) is 0 Å². The summed E-state index contributed by atoms with van der Waals surface area (Å²) >= 11 is 0. The quantitative estimate of drug-likeness (QED) is 0.665. The molecule has 0 saturated carbocycles. The highest BCUT2D eigenvalue weighted by Gasteiger charge is 2.03. The van der Waals surface area contributed by atoms with Crippen molar-refractivity contribution >= 4 is 0 Å². The molecule has 3 nitrogen and oxygen atoms in total. The van der Waals surface area contributed by atoms with E-state index in [-0.39, 0.29) is 12.1 Å². The number of rotatable bonds is 2. The van der Waals surface area contributed by atoms with Crippen LogP contribution in [-0.4, -0.2) is 12.1 Å². The van der Waals surface area contributed by atoms with E-state index in [1.807, 2.05) is 6.07 Å². The van der Waals surface area contributed by atoms with Crippen LogP contribution in [0.25, 0.3) is 0 Å². The zero-order valence-corrected chi connectivity index (χ0v) is 6.54. The molecule has 0 aromatic carbocycles. The molecule has 0 spiro atoms. The Morgan fingerprint density at radius 1 is 1.75 bits per heavy atom. The molecule has 0 N–H and O–H groups in total. The first-order valence-corrected chi connectivity index (χ1v) is 3.33. The summed E-state index contributed by atoms with van der Waals surface area (Å²) in [6.45, 7) is 0. The second-order valence-corrected chi connectivity index (χ2v) is 2.14. The number of pyridine rings is 1. The van der Waals surface area contributed by atoms with Crippen LogP contribution >= 0.6 is 0 Å². The van der Waals surface area contributed by atoms with Gasteiger partial charge in [-0.15, -0.1) is 0 Å². The summed E-state index contributed by atoms with van der Waals surface area (Å²) in [6, 6.07) is 3.03. The lowest BCUT2D eigenvalue weighted by Crippen LogP contribution is -1.94. The number of hydrogen-bond acceptors (Lipinski definition) is 3. The van der Waals surface area contributed by atoms with Crippen molar-refractivity contribution < 1.29 is 9.13 Å². The van der Waals surface area contributed by atoms with Gasteiger partial charge in [0.25, 0.3) is 0 Å². The molecule has 12 heavy (non-hydrogen) atoms. The van der Waals surface area contributed by atoms with Gasteiger partial charge in [0.1, 0.15) is 11.6 Å². The van der Waals surface area contributed by atoms with Gasteiger partial charge in [-0.2, -0.15) is 5.26 Å². The predicted octanol–water partition coefficient (Wildman–Crippen LogP) is 1.30. The third kappa shape index (κ3) is 1.70. The average Bonchev–Trinajstić information content (AvgIpc) is 2.09. The summed E-state index contributed by atoms with van der Waals surface area (Å²) in [7, 11) is 1.43. The zero-order valence-electron chi connectivity index (χ0n) is 6.54. The maximum Gasteiger partial charge on any atom is 0.149 e. The first kappa shape index (κ1) is 8.47. The summed E-state index contributed by atoms with van der Waals surface area (Å²) in [6.07, 6.45) is 1.37. The van der Waals surface area contributed by atoms with Crippen LogP contribution < -0.4 is 4.74 Å². The van der Waals surface area contributed by atoms with Gasteiger partial charge in [-0.3, -0.25) is 4.98 Å². The van der Waals surface area contributed by atoms with Crippen LogP contribution in [0.4, 0.5) is 4.39 Å². The molecule has 1 aromatic rings. The summed E-state index contributed by atoms with van der Waals surface area (Å²) in [5, 5.41) is 8.28. The van der Waals surface area contributed by atoms with Crippen molar-refractivity contribution in [3.8, 4) is 11.8 Å². The van der Waals surface area contributed by atoms with E-state index in [2.05, 4.69) is 4.98 Å². The van der Waals surface area contributed by atoms with Crippen molar-refractivity contribution in [3.63, 3.8) is 0 Å². The van der Waals surface area contributed by atoms with Crippen molar-refractivity contribution in [3.05, 3.63) is 23.8 Å². The Kier molecular flexibility index (Phi) is 2.59. The maximum atomic E-state index is 12.9. The monoisotopic (exact) mass is 166 g/mol. The van der Waals surface area contributed by atoms with E-state index in [9.17, 15) is 4.39 Å². The summed E-state index contributed by atoms with van der Waals surface area (Å²) < 4.78 is 17.7. The fraction of sp³-hybridized carbons (Fsp3) is 0.250. The van der Waals surface area contributed by atoms with E-state index < -0.39 is 5.82 Å². The average molecular weight is 166 g/mol. The largest absolute Gasteiger partial charge is 0.495 e. The minimum Gasteiger partial charge on any atom is -0.495 e. The highest BCUT2D eigenvalue weighted by atomic mass is 19.1. The molecule has 1 aromatic heterocycles. The molecule has 0 fully saturated rings. The zero-order chi connectivity index (χ0) is 8.97. The fourth-order valence-corrected chi connectivity index (χ4v) is 0.765. The van der Waals surface area contributed by atoms with Crippen molar-refractivity contribution in [2.24, 2.45) is 0 Å². The Bertz CT molecular complexity index is 319. The molecule has 0 aliphatic carbocycles. The Balaban J connectivity index is 2.97. The van der Waals surface area contributed by atoms with Crippen LogP contribution in [0.2, 0.25) is 0 Å². The lowest BCUT2D eigenvalue weighted by atomic mass is 10.3. The molecule has 0 saturated heterocycles. The van der Waals surface area contributed by atoms with Crippen LogP contribution in [0.3, 0.4) is 0 Å². The summed E-state index contributed by atoms with van der Waals surface area (Å²) in [5.74, 6) is -0.148. The van der Waals surface area contributed by atoms with Crippen LogP contribution in [0.5, 0.6) is 5.75 Å². The van der Waals surface area contributed by atoms with E-state index in [1.54, 1.807) is 0 Å². The van der Waals surface area contributed by atoms with Crippen molar-refractivity contribution in [1.82, 2.24) is 4.98 Å². The number of hydrogen-bond donors (Lipinski definition) is 0. The number of methoxy groups -OCH3 is 1. The lowest BCUT2D eigenvalue weighted by molar-refractivity contribution is 0.408. The normalized spacial score (nSPS) is 9.08. The van der Waals surface area contributed by atoms with Crippen molar-refractivity contribution in [1.29, 1.82) is 5.26 Å². The summed E-state index contributed by atoms with van der Waals surface area (Å²) in [5.41, 5.74) is 0.151. The van der Waals surface area contributed by atoms with Gasteiger partial charge in [0.05, 0.1) is 31.5 Å². The molecule has 4 heteroatoms. The summed E-state index contributed by atoms with van der Waals surface area (Å²) in [4.78, 5) is 3.72. The predicted molar refractivity (Wildman–Crippen MR) is 40.1 cm³/mol. The van der Waals surface area contributed by atoms with E-state index in [1.165, 1.54) is 19.4 Å². The third-order valence-electron chi connectivity index (χ3n) is 1.37. The SMILES string of the molecule is COc1cnc(CC#N)c(F)c1. The van der Waals surface area contributed by atoms with E-state index in [0.717, 1.165) is 0 Å². The van der Waals surface area contributed by atoms with Gasteiger partial charge in [0.15, 0.2) is 0 Å². The maximum absolute atomic E-state index is 12.9. The first-order valence-electron chi connectivity index (χ1n) is 3.33. The number of nitrogens with zero attached hydrogens (tertiary/aromatic N) is 2. The number of nitriles is 1. The van der Waals surface area contributed by atoms with Crippen molar-refractivity contribution in [2.45, 2.75) is 6.42 Å². The van der Waals surface area contributed by atoms with Crippen LogP contribution in [-0.2, 0) is 6.42 Å². The molecule has 0 aliphatic heterocycles. The standard InChI is InChI=1S/C8H7FN2O/c1-12-6-4-7(9)8(2-3-10)11-5-6/h4-5H,2H2,1H3. The Morgan fingerprint density at radius 3 is 3.00 bits per heavy atom. The molecule has 62 valence electrons. The molecule has 0 amide bonds. The van der Waals surface area contributed by atoms with Crippen LogP contribution in [0.1, 0.15) is 5.69 Å². The van der Waals surface area contributed by atoms with Gasteiger partial charge in [-0.1, -0.05) is 0 Å². The minimum absolute atomic E-state index is 0.0180. The van der Waals surface area contributed by atoms with Crippen molar-refractivity contribution in [2.75, 3.05) is 7.11 Å². The molecule has 0 aliphatic rings. The van der Waals surface area contributed by atoms with Gasteiger partial charge in [0, 0.05) is 6.07 Å². The molecule has 1 heterocycles. The Labute approximate surface area is 69.4 Å². The molecular weight excluding hydrogens is 159 g/mol. The van der Waals surface area contributed by atoms with E-state index in [0.29, 0.717) is 5.75 Å². The first-order chi connectivity index (χ1) is 5.77. The fourth-order valence-electron chi connectivity index (χ4n) is 0.765. The van der Waals surface area contributed by atoms with Gasteiger partial charge in [0.2, 0.25) is 0 Å². The molecule has 0 bridgehead atoms. The second-order valence-electron chi connectivity index (χ2n) is 2.14. The van der Waals surface area contributed by atoms with Gasteiger partial charge < -0.3 is 4.74 Å². The molecule has 0 atom stereocenters. The van der Waals surface area contributed by atoms with Gasteiger partial charge >= 0.3 is 0 Å².